The van der Waals surface area contributed by atoms with E-state index in [1.165, 1.54) is 11.3 Å². The number of anilines is 1. The molecule has 0 aliphatic carbocycles. The molecule has 0 unspecified atom stereocenters. The molecule has 0 spiro atoms. The molecule has 1 N–H and O–H groups in total. The van der Waals surface area contributed by atoms with Crippen molar-refractivity contribution in [3.63, 3.8) is 0 Å². The zero-order valence-electron chi connectivity index (χ0n) is 15.1. The third-order valence-corrected chi connectivity index (χ3v) is 4.52. The van der Waals surface area contributed by atoms with Gasteiger partial charge in [-0.3, -0.25) is 10.1 Å². The van der Waals surface area contributed by atoms with Crippen molar-refractivity contribution >= 4 is 22.4 Å². The van der Waals surface area contributed by atoms with E-state index in [1.54, 1.807) is 12.1 Å². The number of aromatic nitrogens is 2. The van der Waals surface area contributed by atoms with Crippen LogP contribution < -0.4 is 14.8 Å². The summed E-state index contributed by atoms with van der Waals surface area (Å²) in [4.78, 5) is 12.0. The van der Waals surface area contributed by atoms with Gasteiger partial charge in [0, 0.05) is 5.56 Å². The van der Waals surface area contributed by atoms with Crippen LogP contribution in [0.5, 0.6) is 11.5 Å². The van der Waals surface area contributed by atoms with Gasteiger partial charge in [0.15, 0.2) is 6.61 Å². The number of nitrogens with one attached hydrogen (secondary N) is 1. The lowest BCUT2D eigenvalue weighted by molar-refractivity contribution is -0.118. The lowest BCUT2D eigenvalue weighted by Crippen LogP contribution is -2.20. The maximum atomic E-state index is 12.0. The Hall–Kier alpha value is -2.93. The fraction of sp³-hybridized carbons (Fsp3) is 0.250. The quantitative estimate of drug-likeness (QED) is 0.554. The van der Waals surface area contributed by atoms with Gasteiger partial charge >= 0.3 is 0 Å². The van der Waals surface area contributed by atoms with Gasteiger partial charge in [-0.05, 0) is 30.7 Å². The molecule has 7 heteroatoms. The largest absolute Gasteiger partial charge is 0.494 e. The summed E-state index contributed by atoms with van der Waals surface area (Å²) < 4.78 is 11.1. The van der Waals surface area contributed by atoms with Gasteiger partial charge in [-0.2, -0.15) is 0 Å². The van der Waals surface area contributed by atoms with Crippen LogP contribution in [-0.4, -0.2) is 29.3 Å². The molecule has 3 aromatic rings. The summed E-state index contributed by atoms with van der Waals surface area (Å²) in [6.45, 7) is 2.74. The lowest BCUT2D eigenvalue weighted by Gasteiger charge is -2.06. The van der Waals surface area contributed by atoms with E-state index < -0.39 is 0 Å². The predicted octanol–water partition coefficient (Wildman–Crippen LogP) is 4.40. The Morgan fingerprint density at radius 3 is 2.67 bits per heavy atom. The fourth-order valence-corrected chi connectivity index (χ4v) is 3.02. The summed E-state index contributed by atoms with van der Waals surface area (Å²) in [6, 6.07) is 16.9. The number of carbonyl (C=O) groups excluding carboxylic acids is 1. The number of ether oxygens (including phenoxy) is 2. The number of rotatable bonds is 9. The molecule has 0 atom stereocenters. The van der Waals surface area contributed by atoms with Crippen molar-refractivity contribution in [2.45, 2.75) is 19.8 Å². The van der Waals surface area contributed by atoms with Crippen molar-refractivity contribution in [2.75, 3.05) is 18.5 Å². The van der Waals surface area contributed by atoms with Crippen molar-refractivity contribution in [1.29, 1.82) is 0 Å². The number of para-hydroxylation sites is 1. The van der Waals surface area contributed by atoms with Crippen LogP contribution in [0.4, 0.5) is 5.13 Å². The normalized spacial score (nSPS) is 10.4. The van der Waals surface area contributed by atoms with Crippen LogP contribution in [0, 0.1) is 0 Å². The van der Waals surface area contributed by atoms with Crippen LogP contribution in [0.2, 0.25) is 0 Å². The van der Waals surface area contributed by atoms with E-state index in [0.717, 1.165) is 29.2 Å². The molecule has 0 saturated heterocycles. The second-order valence-corrected chi connectivity index (χ2v) is 6.77. The van der Waals surface area contributed by atoms with E-state index in [4.69, 9.17) is 9.47 Å². The highest BCUT2D eigenvalue weighted by Gasteiger charge is 2.11. The number of hydrogen-bond acceptors (Lipinski definition) is 6. The minimum Gasteiger partial charge on any atom is -0.494 e. The molecule has 0 saturated carbocycles. The summed E-state index contributed by atoms with van der Waals surface area (Å²) in [7, 11) is 0. The van der Waals surface area contributed by atoms with Crippen molar-refractivity contribution in [1.82, 2.24) is 10.2 Å². The Morgan fingerprint density at radius 2 is 1.85 bits per heavy atom. The number of carbonyl (C=O) groups is 1. The fourth-order valence-electron chi connectivity index (χ4n) is 2.26. The second-order valence-electron chi connectivity index (χ2n) is 5.79. The average Bonchev–Trinajstić information content (AvgIpc) is 3.16. The zero-order chi connectivity index (χ0) is 18.9. The maximum Gasteiger partial charge on any atom is 0.264 e. The van der Waals surface area contributed by atoms with Crippen LogP contribution in [0.3, 0.4) is 0 Å². The Bertz CT molecular complexity index is 868. The van der Waals surface area contributed by atoms with Gasteiger partial charge in [-0.25, -0.2) is 0 Å². The summed E-state index contributed by atoms with van der Waals surface area (Å²) >= 11 is 1.31. The molecule has 27 heavy (non-hydrogen) atoms. The number of nitrogens with zero attached hydrogens (tertiary/aromatic N) is 2. The Morgan fingerprint density at radius 1 is 1.04 bits per heavy atom. The smallest absolute Gasteiger partial charge is 0.264 e. The van der Waals surface area contributed by atoms with E-state index in [-0.39, 0.29) is 12.5 Å². The molecule has 0 radical (unpaired) electrons. The molecule has 3 rings (SSSR count). The van der Waals surface area contributed by atoms with Crippen LogP contribution in [0.1, 0.15) is 19.8 Å². The van der Waals surface area contributed by atoms with E-state index >= 15 is 0 Å². The molecule has 0 aliphatic heterocycles. The van der Waals surface area contributed by atoms with E-state index in [9.17, 15) is 4.79 Å². The Labute approximate surface area is 162 Å². The van der Waals surface area contributed by atoms with Gasteiger partial charge in [0.05, 0.1) is 6.61 Å². The Balaban J connectivity index is 1.56. The number of amides is 1. The first kappa shape index (κ1) is 18.8. The third-order valence-electron chi connectivity index (χ3n) is 3.63. The first-order valence-electron chi connectivity index (χ1n) is 8.79. The highest BCUT2D eigenvalue weighted by atomic mass is 32.1. The van der Waals surface area contributed by atoms with E-state index in [1.807, 2.05) is 42.5 Å². The maximum absolute atomic E-state index is 12.0. The molecule has 1 amide bonds. The average molecular weight is 383 g/mol. The number of unbranched alkanes of at least 4 members (excludes halogenated alkanes) is 1. The summed E-state index contributed by atoms with van der Waals surface area (Å²) in [5.74, 6) is 1.17. The predicted molar refractivity (Wildman–Crippen MR) is 106 cm³/mol. The molecular formula is C20H21N3O3S. The molecule has 1 aromatic heterocycles. The molecular weight excluding hydrogens is 362 g/mol. The number of benzene rings is 2. The minimum atomic E-state index is -0.279. The molecule has 0 fully saturated rings. The van der Waals surface area contributed by atoms with Crippen molar-refractivity contribution in [3.05, 3.63) is 54.6 Å². The lowest BCUT2D eigenvalue weighted by atomic mass is 10.2. The Kier molecular flexibility index (Phi) is 6.76. The van der Waals surface area contributed by atoms with Crippen LogP contribution in [0.25, 0.3) is 10.6 Å². The topological polar surface area (TPSA) is 73.3 Å². The third kappa shape index (κ3) is 5.79. The van der Waals surface area contributed by atoms with Crippen LogP contribution >= 0.6 is 11.3 Å². The van der Waals surface area contributed by atoms with Crippen molar-refractivity contribution < 1.29 is 14.3 Å². The molecule has 2 aromatic carbocycles. The molecule has 6 nitrogen and oxygen atoms in total. The standard InChI is InChI=1S/C20H21N3O3S/c1-2-3-12-25-17-11-7-8-15(13-17)19-22-23-20(27-19)21-18(24)14-26-16-9-5-4-6-10-16/h4-11,13H,2-3,12,14H2,1H3,(H,21,23,24). The van der Waals surface area contributed by atoms with Gasteiger partial charge in [-0.1, -0.05) is 55.0 Å². The first-order valence-corrected chi connectivity index (χ1v) is 9.60. The van der Waals surface area contributed by atoms with Gasteiger partial charge < -0.3 is 9.47 Å². The van der Waals surface area contributed by atoms with Gasteiger partial charge in [0.2, 0.25) is 5.13 Å². The molecule has 0 bridgehead atoms. The monoisotopic (exact) mass is 383 g/mol. The summed E-state index contributed by atoms with van der Waals surface area (Å²) in [5.41, 5.74) is 0.905. The number of hydrogen-bond donors (Lipinski definition) is 1. The summed E-state index contributed by atoms with van der Waals surface area (Å²) in [6.07, 6.45) is 2.11. The van der Waals surface area contributed by atoms with Gasteiger partial charge in [0.25, 0.3) is 5.91 Å². The van der Waals surface area contributed by atoms with Crippen molar-refractivity contribution in [2.24, 2.45) is 0 Å². The van der Waals surface area contributed by atoms with Crippen molar-refractivity contribution in [3.8, 4) is 22.1 Å². The highest BCUT2D eigenvalue weighted by molar-refractivity contribution is 7.18. The van der Waals surface area contributed by atoms with E-state index in [2.05, 4.69) is 22.4 Å². The summed E-state index contributed by atoms with van der Waals surface area (Å²) in [5, 5.41) is 12.0. The molecule has 1 heterocycles. The zero-order valence-corrected chi connectivity index (χ0v) is 15.9. The first-order chi connectivity index (χ1) is 13.2. The van der Waals surface area contributed by atoms with Crippen LogP contribution in [-0.2, 0) is 4.79 Å². The molecule has 140 valence electrons. The minimum absolute atomic E-state index is 0.0837. The van der Waals surface area contributed by atoms with Gasteiger partial charge in [0.1, 0.15) is 16.5 Å². The van der Waals surface area contributed by atoms with E-state index in [0.29, 0.717) is 17.5 Å². The second kappa shape index (κ2) is 9.68. The highest BCUT2D eigenvalue weighted by Crippen LogP contribution is 2.28. The molecule has 0 aliphatic rings. The van der Waals surface area contributed by atoms with Gasteiger partial charge in [-0.15, -0.1) is 10.2 Å². The SMILES string of the molecule is CCCCOc1cccc(-c2nnc(NC(=O)COc3ccccc3)s2)c1. The van der Waals surface area contributed by atoms with Crippen LogP contribution in [0.15, 0.2) is 54.6 Å².